The predicted molar refractivity (Wildman–Crippen MR) is 74.2 cm³/mol. The molecule has 0 saturated carbocycles. The summed E-state index contributed by atoms with van der Waals surface area (Å²) in [5.41, 5.74) is 0.0945. The van der Waals surface area contributed by atoms with Gasteiger partial charge in [0.25, 0.3) is 0 Å². The van der Waals surface area contributed by atoms with Crippen molar-refractivity contribution < 1.29 is 19.1 Å². The van der Waals surface area contributed by atoms with Crippen molar-refractivity contribution in [3.05, 3.63) is 29.6 Å². The van der Waals surface area contributed by atoms with Crippen LogP contribution in [0.25, 0.3) is 0 Å². The lowest BCUT2D eigenvalue weighted by atomic mass is 10.2. The van der Waals surface area contributed by atoms with Crippen LogP contribution in [0.3, 0.4) is 0 Å². The van der Waals surface area contributed by atoms with Gasteiger partial charge in [0.1, 0.15) is 5.82 Å². The summed E-state index contributed by atoms with van der Waals surface area (Å²) in [6, 6.07) is 4.67. The molecular formula is C14H16FN3O3. The van der Waals surface area contributed by atoms with E-state index in [1.165, 1.54) is 17.0 Å². The number of aliphatic carboxylic acids is 1. The Morgan fingerprint density at radius 1 is 1.48 bits per heavy atom. The molecule has 1 aromatic carbocycles. The van der Waals surface area contributed by atoms with Crippen molar-refractivity contribution in [2.75, 3.05) is 11.9 Å². The van der Waals surface area contributed by atoms with Gasteiger partial charge in [-0.1, -0.05) is 0 Å². The molecule has 0 radical (unpaired) electrons. The summed E-state index contributed by atoms with van der Waals surface area (Å²) in [6.45, 7) is 3.49. The van der Waals surface area contributed by atoms with E-state index in [-0.39, 0.29) is 30.3 Å². The molecule has 7 heteroatoms. The highest BCUT2D eigenvalue weighted by molar-refractivity contribution is 5.90. The number of hydrogen-bond donors (Lipinski definition) is 2. The molecule has 0 bridgehead atoms. The van der Waals surface area contributed by atoms with E-state index in [0.717, 1.165) is 6.07 Å². The number of nitrogens with one attached hydrogen (secondary N) is 1. The molecule has 0 aliphatic carbocycles. The highest BCUT2D eigenvalue weighted by Gasteiger charge is 2.19. The van der Waals surface area contributed by atoms with Crippen LogP contribution in [0.1, 0.15) is 25.8 Å². The van der Waals surface area contributed by atoms with Gasteiger partial charge in [0.05, 0.1) is 23.7 Å². The lowest BCUT2D eigenvalue weighted by Gasteiger charge is -2.26. The molecule has 0 atom stereocenters. The monoisotopic (exact) mass is 293 g/mol. The maximum atomic E-state index is 13.7. The van der Waals surface area contributed by atoms with Gasteiger partial charge in [0.2, 0.25) is 0 Å². The number of carboxylic acid groups (broad SMARTS) is 1. The van der Waals surface area contributed by atoms with Crippen LogP contribution >= 0.6 is 0 Å². The zero-order valence-corrected chi connectivity index (χ0v) is 11.8. The molecule has 21 heavy (non-hydrogen) atoms. The number of nitrogens with zero attached hydrogens (tertiary/aromatic N) is 2. The third-order valence-electron chi connectivity index (χ3n) is 2.79. The maximum Gasteiger partial charge on any atom is 0.322 e. The second-order valence-electron chi connectivity index (χ2n) is 4.67. The fraction of sp³-hybridized carbons (Fsp3) is 0.357. The number of anilines is 1. The Balaban J connectivity index is 2.82. The van der Waals surface area contributed by atoms with Gasteiger partial charge in [-0.3, -0.25) is 4.79 Å². The Bertz CT molecular complexity index is 581. The predicted octanol–water partition coefficient (Wildman–Crippen LogP) is 2.41. The summed E-state index contributed by atoms with van der Waals surface area (Å²) in [5.74, 6) is -1.73. The molecule has 0 aliphatic rings. The second-order valence-corrected chi connectivity index (χ2v) is 4.67. The van der Waals surface area contributed by atoms with E-state index in [2.05, 4.69) is 5.32 Å². The van der Waals surface area contributed by atoms with Crippen molar-refractivity contribution in [1.82, 2.24) is 4.90 Å². The first-order valence-electron chi connectivity index (χ1n) is 6.34. The van der Waals surface area contributed by atoms with Gasteiger partial charge in [-0.15, -0.1) is 0 Å². The molecular weight excluding hydrogens is 277 g/mol. The lowest BCUT2D eigenvalue weighted by molar-refractivity contribution is -0.137. The van der Waals surface area contributed by atoms with Crippen molar-refractivity contribution in [3.63, 3.8) is 0 Å². The van der Waals surface area contributed by atoms with Crippen molar-refractivity contribution in [2.45, 2.75) is 26.3 Å². The number of hydrogen-bond acceptors (Lipinski definition) is 3. The lowest BCUT2D eigenvalue weighted by Crippen LogP contribution is -2.41. The third-order valence-corrected chi connectivity index (χ3v) is 2.79. The van der Waals surface area contributed by atoms with E-state index in [4.69, 9.17) is 10.4 Å². The quantitative estimate of drug-likeness (QED) is 0.871. The number of carbonyl (C=O) groups is 2. The smallest absolute Gasteiger partial charge is 0.322 e. The number of carboxylic acids is 1. The van der Waals surface area contributed by atoms with E-state index in [0.29, 0.717) is 0 Å². The van der Waals surface area contributed by atoms with Crippen molar-refractivity contribution in [1.29, 1.82) is 5.26 Å². The number of halogens is 1. The Morgan fingerprint density at radius 3 is 2.62 bits per heavy atom. The van der Waals surface area contributed by atoms with E-state index in [1.807, 2.05) is 0 Å². The molecule has 0 aliphatic heterocycles. The normalized spacial score (nSPS) is 10.0. The molecule has 0 heterocycles. The molecule has 0 fully saturated rings. The minimum atomic E-state index is -1.02. The Kier molecular flexibility index (Phi) is 5.67. The Labute approximate surface area is 121 Å². The van der Waals surface area contributed by atoms with E-state index >= 15 is 0 Å². The van der Waals surface area contributed by atoms with E-state index in [1.54, 1.807) is 19.9 Å². The number of carbonyl (C=O) groups excluding carboxylic acids is 1. The van der Waals surface area contributed by atoms with Crippen LogP contribution in [0, 0.1) is 17.1 Å². The summed E-state index contributed by atoms with van der Waals surface area (Å²) < 4.78 is 13.7. The fourth-order valence-electron chi connectivity index (χ4n) is 1.68. The van der Waals surface area contributed by atoms with Crippen LogP contribution in [0.4, 0.5) is 14.9 Å². The molecule has 1 aromatic rings. The Morgan fingerprint density at radius 2 is 2.14 bits per heavy atom. The maximum absolute atomic E-state index is 13.7. The summed E-state index contributed by atoms with van der Waals surface area (Å²) in [7, 11) is 0. The van der Waals surface area contributed by atoms with Crippen LogP contribution in [0.2, 0.25) is 0 Å². The fourth-order valence-corrected chi connectivity index (χ4v) is 1.68. The van der Waals surface area contributed by atoms with Crippen molar-refractivity contribution in [2.24, 2.45) is 0 Å². The van der Waals surface area contributed by atoms with Crippen LogP contribution in [-0.4, -0.2) is 34.6 Å². The van der Waals surface area contributed by atoms with E-state index < -0.39 is 17.8 Å². The SMILES string of the molecule is CC(C)N(CCC(=O)O)C(=O)Nc1ccc(C#N)cc1F. The molecule has 0 spiro atoms. The van der Waals surface area contributed by atoms with Gasteiger partial charge in [0.15, 0.2) is 0 Å². The van der Waals surface area contributed by atoms with Crippen LogP contribution < -0.4 is 5.32 Å². The van der Waals surface area contributed by atoms with Crippen LogP contribution in [-0.2, 0) is 4.79 Å². The molecule has 112 valence electrons. The van der Waals surface area contributed by atoms with Crippen LogP contribution in [0.5, 0.6) is 0 Å². The minimum Gasteiger partial charge on any atom is -0.481 e. The van der Waals surface area contributed by atoms with Gasteiger partial charge in [-0.05, 0) is 32.0 Å². The van der Waals surface area contributed by atoms with Crippen molar-refractivity contribution >= 4 is 17.7 Å². The summed E-state index contributed by atoms with van der Waals surface area (Å²) in [4.78, 5) is 23.9. The summed E-state index contributed by atoms with van der Waals surface area (Å²) >= 11 is 0. The average molecular weight is 293 g/mol. The van der Waals surface area contributed by atoms with Crippen LogP contribution in [0.15, 0.2) is 18.2 Å². The Hall–Kier alpha value is -2.62. The summed E-state index contributed by atoms with van der Waals surface area (Å²) in [5, 5.41) is 19.7. The number of urea groups is 1. The van der Waals surface area contributed by atoms with Gasteiger partial charge in [0, 0.05) is 12.6 Å². The van der Waals surface area contributed by atoms with Crippen molar-refractivity contribution in [3.8, 4) is 6.07 Å². The first kappa shape index (κ1) is 16.4. The standard InChI is InChI=1S/C14H16FN3O3/c1-9(2)18(6-5-13(19)20)14(21)17-12-4-3-10(8-16)7-11(12)15/h3-4,7,9H,5-6H2,1-2H3,(H,17,21)(H,19,20). The van der Waals surface area contributed by atoms with E-state index in [9.17, 15) is 14.0 Å². The number of nitriles is 1. The molecule has 2 amide bonds. The van der Waals surface area contributed by atoms with Gasteiger partial charge in [-0.25, -0.2) is 9.18 Å². The molecule has 0 aromatic heterocycles. The topological polar surface area (TPSA) is 93.4 Å². The van der Waals surface area contributed by atoms with Gasteiger partial charge in [-0.2, -0.15) is 5.26 Å². The zero-order chi connectivity index (χ0) is 16.0. The second kappa shape index (κ2) is 7.24. The highest BCUT2D eigenvalue weighted by atomic mass is 19.1. The molecule has 1 rings (SSSR count). The number of benzene rings is 1. The zero-order valence-electron chi connectivity index (χ0n) is 11.8. The molecule has 2 N–H and O–H groups in total. The minimum absolute atomic E-state index is 0.0245. The molecule has 6 nitrogen and oxygen atoms in total. The first-order valence-corrected chi connectivity index (χ1v) is 6.34. The first-order chi connectivity index (χ1) is 9.85. The van der Waals surface area contributed by atoms with Gasteiger partial charge >= 0.3 is 12.0 Å². The molecule has 0 unspecified atom stereocenters. The highest BCUT2D eigenvalue weighted by Crippen LogP contribution is 2.16. The average Bonchev–Trinajstić information content (AvgIpc) is 2.40. The number of amides is 2. The molecule has 0 saturated heterocycles. The number of rotatable bonds is 5. The van der Waals surface area contributed by atoms with Gasteiger partial charge < -0.3 is 15.3 Å². The third kappa shape index (κ3) is 4.76. The largest absolute Gasteiger partial charge is 0.481 e. The summed E-state index contributed by atoms with van der Waals surface area (Å²) in [6.07, 6.45) is -0.193.